The first-order valence-corrected chi connectivity index (χ1v) is 5.96. The monoisotopic (exact) mass is 235 g/mol. The fourth-order valence-corrected chi connectivity index (χ4v) is 2.34. The summed E-state index contributed by atoms with van der Waals surface area (Å²) < 4.78 is 1.80. The van der Waals surface area contributed by atoms with E-state index >= 15 is 0 Å². The summed E-state index contributed by atoms with van der Waals surface area (Å²) in [7, 11) is 1.89. The molecular weight excluding hydrogens is 222 g/mol. The maximum absolute atomic E-state index is 11.9. The number of aryl methyl sites for hydroxylation is 3. The minimum absolute atomic E-state index is 0.168. The largest absolute Gasteiger partial charge is 0.293 e. The average molecular weight is 235 g/mol. The number of Topliss-reactive ketones (excluding diaryl/α,β-unsaturated/α-hetero) is 1. The van der Waals surface area contributed by atoms with Crippen LogP contribution in [-0.4, -0.2) is 20.5 Å². The Bertz CT molecular complexity index is 501. The minimum atomic E-state index is 0.168. The van der Waals surface area contributed by atoms with Gasteiger partial charge < -0.3 is 0 Å². The molecule has 0 saturated carbocycles. The Morgan fingerprint density at radius 1 is 1.56 bits per heavy atom. The second-order valence-electron chi connectivity index (χ2n) is 3.64. The smallest absolute Gasteiger partial charge is 0.175 e. The van der Waals surface area contributed by atoms with Crippen LogP contribution in [0.2, 0.25) is 0 Å². The maximum atomic E-state index is 11.9. The van der Waals surface area contributed by atoms with E-state index in [1.165, 1.54) is 11.3 Å². The Hall–Kier alpha value is -1.49. The summed E-state index contributed by atoms with van der Waals surface area (Å²) in [6.45, 7) is 1.87. The molecule has 0 saturated heterocycles. The summed E-state index contributed by atoms with van der Waals surface area (Å²) in [5.74, 6) is 0.168. The molecule has 0 aliphatic carbocycles. The van der Waals surface area contributed by atoms with Crippen LogP contribution in [0.3, 0.4) is 0 Å². The summed E-state index contributed by atoms with van der Waals surface area (Å²) in [6, 6.07) is 1.94. The first-order chi connectivity index (χ1) is 7.68. The molecule has 0 atom stereocenters. The molecule has 0 unspecified atom stereocenters. The van der Waals surface area contributed by atoms with Crippen molar-refractivity contribution in [1.82, 2.24) is 14.8 Å². The number of ketones is 1. The topological polar surface area (TPSA) is 47.8 Å². The normalized spacial score (nSPS) is 10.6. The van der Waals surface area contributed by atoms with Gasteiger partial charge in [0.1, 0.15) is 0 Å². The number of hydrogen-bond donors (Lipinski definition) is 0. The molecule has 0 radical (unpaired) electrons. The van der Waals surface area contributed by atoms with Crippen LogP contribution in [0, 0.1) is 6.92 Å². The van der Waals surface area contributed by atoms with Crippen molar-refractivity contribution in [2.75, 3.05) is 0 Å². The van der Waals surface area contributed by atoms with Gasteiger partial charge in [-0.05, 0) is 19.4 Å². The lowest BCUT2D eigenvalue weighted by molar-refractivity contribution is 0.0985. The van der Waals surface area contributed by atoms with Gasteiger partial charge in [-0.25, -0.2) is 4.98 Å². The molecule has 2 rings (SSSR count). The Morgan fingerprint density at radius 3 is 2.94 bits per heavy atom. The number of carbonyl (C=O) groups is 1. The summed E-state index contributed by atoms with van der Waals surface area (Å²) >= 11 is 1.42. The van der Waals surface area contributed by atoms with Crippen molar-refractivity contribution in [3.05, 3.63) is 34.0 Å². The molecule has 0 fully saturated rings. The van der Waals surface area contributed by atoms with Crippen LogP contribution in [0.4, 0.5) is 0 Å². The lowest BCUT2D eigenvalue weighted by Gasteiger charge is -2.00. The first-order valence-electron chi connectivity index (χ1n) is 5.08. The van der Waals surface area contributed by atoms with Gasteiger partial charge in [-0.15, -0.1) is 11.3 Å². The maximum Gasteiger partial charge on any atom is 0.175 e. The zero-order chi connectivity index (χ0) is 11.5. The van der Waals surface area contributed by atoms with Gasteiger partial charge in [0.15, 0.2) is 5.78 Å². The molecule has 0 N–H and O–H groups in total. The molecular formula is C11H13N3OS. The molecule has 0 bridgehead atoms. The van der Waals surface area contributed by atoms with Crippen molar-refractivity contribution < 1.29 is 4.79 Å². The molecule has 2 aromatic heterocycles. The van der Waals surface area contributed by atoms with E-state index in [9.17, 15) is 4.79 Å². The Morgan fingerprint density at radius 2 is 2.38 bits per heavy atom. The highest BCUT2D eigenvalue weighted by Crippen LogP contribution is 2.15. The van der Waals surface area contributed by atoms with E-state index in [1.807, 2.05) is 20.0 Å². The van der Waals surface area contributed by atoms with Gasteiger partial charge >= 0.3 is 0 Å². The van der Waals surface area contributed by atoms with E-state index in [1.54, 1.807) is 16.4 Å². The highest BCUT2D eigenvalue weighted by molar-refractivity contribution is 7.11. The third-order valence-corrected chi connectivity index (χ3v) is 3.50. The highest BCUT2D eigenvalue weighted by atomic mass is 32.1. The Balaban J connectivity index is 1.99. The fourth-order valence-electron chi connectivity index (χ4n) is 1.57. The third kappa shape index (κ3) is 2.19. The minimum Gasteiger partial charge on any atom is -0.293 e. The second kappa shape index (κ2) is 4.57. The van der Waals surface area contributed by atoms with Crippen LogP contribution in [0.1, 0.15) is 27.5 Å². The molecule has 0 amide bonds. The summed E-state index contributed by atoms with van der Waals surface area (Å²) in [5, 5.41) is 4.07. The highest BCUT2D eigenvalue weighted by Gasteiger charge is 2.12. The quantitative estimate of drug-likeness (QED) is 0.761. The standard InChI is InChI=1S/C11H13N3OS/c1-8-11(16-7-12-8)10(15)4-3-9-5-6-13-14(9)2/h5-7H,3-4H2,1-2H3. The van der Waals surface area contributed by atoms with E-state index in [0.717, 1.165) is 22.7 Å². The molecule has 0 aromatic carbocycles. The molecule has 16 heavy (non-hydrogen) atoms. The number of hydrogen-bond acceptors (Lipinski definition) is 4. The van der Waals surface area contributed by atoms with E-state index in [4.69, 9.17) is 0 Å². The Kier molecular flexibility index (Phi) is 3.14. The Labute approximate surface area is 97.9 Å². The van der Waals surface area contributed by atoms with Crippen LogP contribution in [0.5, 0.6) is 0 Å². The van der Waals surface area contributed by atoms with E-state index in [0.29, 0.717) is 6.42 Å². The molecule has 4 nitrogen and oxygen atoms in total. The summed E-state index contributed by atoms with van der Waals surface area (Å²) in [5.41, 5.74) is 3.63. The van der Waals surface area contributed by atoms with Crippen LogP contribution < -0.4 is 0 Å². The van der Waals surface area contributed by atoms with Gasteiger partial charge in [-0.2, -0.15) is 5.10 Å². The molecule has 84 valence electrons. The van der Waals surface area contributed by atoms with E-state index in [-0.39, 0.29) is 5.78 Å². The first kappa shape index (κ1) is 11.0. The predicted molar refractivity (Wildman–Crippen MR) is 62.7 cm³/mol. The number of rotatable bonds is 4. The molecule has 0 aliphatic rings. The number of aromatic nitrogens is 3. The van der Waals surface area contributed by atoms with Gasteiger partial charge in [0.25, 0.3) is 0 Å². The van der Waals surface area contributed by atoms with Gasteiger partial charge in [0.05, 0.1) is 16.1 Å². The van der Waals surface area contributed by atoms with Crippen LogP contribution in [-0.2, 0) is 13.5 Å². The lowest BCUT2D eigenvalue weighted by atomic mass is 10.1. The van der Waals surface area contributed by atoms with Gasteiger partial charge in [-0.1, -0.05) is 0 Å². The summed E-state index contributed by atoms with van der Waals surface area (Å²) in [4.78, 5) is 16.7. The zero-order valence-electron chi connectivity index (χ0n) is 9.30. The number of thiazole rings is 1. The van der Waals surface area contributed by atoms with Crippen molar-refractivity contribution in [3.8, 4) is 0 Å². The molecule has 2 aromatic rings. The van der Waals surface area contributed by atoms with Gasteiger partial charge in [0, 0.05) is 25.4 Å². The van der Waals surface area contributed by atoms with Crippen molar-refractivity contribution in [2.45, 2.75) is 19.8 Å². The van der Waals surface area contributed by atoms with Crippen molar-refractivity contribution in [1.29, 1.82) is 0 Å². The lowest BCUT2D eigenvalue weighted by Crippen LogP contribution is -2.04. The van der Waals surface area contributed by atoms with Crippen LogP contribution in [0.15, 0.2) is 17.8 Å². The van der Waals surface area contributed by atoms with E-state index in [2.05, 4.69) is 10.1 Å². The molecule has 0 aliphatic heterocycles. The second-order valence-corrected chi connectivity index (χ2v) is 4.49. The van der Waals surface area contributed by atoms with Crippen molar-refractivity contribution in [2.24, 2.45) is 7.05 Å². The molecule has 2 heterocycles. The van der Waals surface area contributed by atoms with E-state index < -0.39 is 0 Å². The average Bonchev–Trinajstić information content (AvgIpc) is 2.84. The molecule has 0 spiro atoms. The third-order valence-electron chi connectivity index (χ3n) is 2.53. The van der Waals surface area contributed by atoms with Crippen molar-refractivity contribution in [3.63, 3.8) is 0 Å². The number of nitrogens with zero attached hydrogens (tertiary/aromatic N) is 3. The molecule has 5 heteroatoms. The SMILES string of the molecule is Cc1ncsc1C(=O)CCc1ccnn1C. The zero-order valence-corrected chi connectivity index (χ0v) is 10.1. The fraction of sp³-hybridized carbons (Fsp3) is 0.364. The van der Waals surface area contributed by atoms with Crippen LogP contribution >= 0.6 is 11.3 Å². The number of carbonyl (C=O) groups excluding carboxylic acids is 1. The van der Waals surface area contributed by atoms with Gasteiger partial charge in [0.2, 0.25) is 0 Å². The van der Waals surface area contributed by atoms with Gasteiger partial charge in [-0.3, -0.25) is 9.48 Å². The van der Waals surface area contributed by atoms with Crippen molar-refractivity contribution >= 4 is 17.1 Å². The van der Waals surface area contributed by atoms with Crippen LogP contribution in [0.25, 0.3) is 0 Å². The predicted octanol–water partition coefficient (Wildman–Crippen LogP) is 2.00. The summed E-state index contributed by atoms with van der Waals surface area (Å²) in [6.07, 6.45) is 2.99.